The van der Waals surface area contributed by atoms with Crippen LogP contribution in [0.25, 0.3) is 0 Å². The number of allylic oxidation sites excluding steroid dienone is 3. The molecule has 1 heterocycles. The summed E-state index contributed by atoms with van der Waals surface area (Å²) in [6, 6.07) is 0. The van der Waals surface area contributed by atoms with Gasteiger partial charge in [0.2, 0.25) is 0 Å². The summed E-state index contributed by atoms with van der Waals surface area (Å²) < 4.78 is 0. The largest absolute Gasteiger partial charge is 0.385 e. The highest BCUT2D eigenvalue weighted by molar-refractivity contribution is 5.15. The van der Waals surface area contributed by atoms with E-state index in [1.165, 1.54) is 30.7 Å². The van der Waals surface area contributed by atoms with Crippen LogP contribution in [-0.4, -0.2) is 18.0 Å². The molecule has 0 aromatic carbocycles. The van der Waals surface area contributed by atoms with E-state index < -0.39 is 0 Å². The lowest BCUT2D eigenvalue weighted by Gasteiger charge is -2.20. The first-order valence-corrected chi connectivity index (χ1v) is 6.80. The van der Waals surface area contributed by atoms with Crippen molar-refractivity contribution in [2.75, 3.05) is 13.1 Å². The molecule has 18 heavy (non-hydrogen) atoms. The minimum Gasteiger partial charge on any atom is -0.385 e. The van der Waals surface area contributed by atoms with Crippen molar-refractivity contribution in [3.8, 4) is 0 Å². The Hall–Kier alpha value is -1.44. The second-order valence-electron chi connectivity index (χ2n) is 4.87. The Bertz CT molecular complexity index is 312. The molecule has 0 aromatic rings. The lowest BCUT2D eigenvalue weighted by molar-refractivity contribution is 0.434. The van der Waals surface area contributed by atoms with E-state index in [9.17, 15) is 0 Å². The molecular weight excluding hydrogens is 220 g/mol. The Labute approximate surface area is 112 Å². The summed E-state index contributed by atoms with van der Waals surface area (Å²) in [5, 5.41) is 3.23. The standard InChI is InChI=1S/C16H26N2/c1-5-12-17-14(2)9-7-6-8-13-18-15(3)10-11-16(18)4/h5,17H,1-4,6-13H2. The van der Waals surface area contributed by atoms with Gasteiger partial charge in [-0.3, -0.25) is 0 Å². The molecule has 1 rings (SSSR count). The van der Waals surface area contributed by atoms with E-state index >= 15 is 0 Å². The van der Waals surface area contributed by atoms with Gasteiger partial charge in [0.1, 0.15) is 0 Å². The molecule has 0 spiro atoms. The third-order valence-electron chi connectivity index (χ3n) is 3.32. The Morgan fingerprint density at radius 1 is 1.17 bits per heavy atom. The summed E-state index contributed by atoms with van der Waals surface area (Å²) >= 11 is 0. The first-order chi connectivity index (χ1) is 8.65. The van der Waals surface area contributed by atoms with Gasteiger partial charge in [-0.15, -0.1) is 6.58 Å². The quantitative estimate of drug-likeness (QED) is 0.489. The van der Waals surface area contributed by atoms with Crippen molar-refractivity contribution in [1.29, 1.82) is 0 Å². The fourth-order valence-corrected chi connectivity index (χ4v) is 2.19. The van der Waals surface area contributed by atoms with Gasteiger partial charge in [-0.25, -0.2) is 0 Å². The lowest BCUT2D eigenvalue weighted by atomic mass is 10.1. The zero-order valence-corrected chi connectivity index (χ0v) is 11.5. The van der Waals surface area contributed by atoms with Gasteiger partial charge in [0.25, 0.3) is 0 Å². The zero-order valence-electron chi connectivity index (χ0n) is 11.5. The van der Waals surface area contributed by atoms with Gasteiger partial charge < -0.3 is 10.2 Å². The normalized spacial score (nSPS) is 15.0. The van der Waals surface area contributed by atoms with Crippen molar-refractivity contribution in [2.45, 2.75) is 38.5 Å². The first kappa shape index (κ1) is 14.6. The number of nitrogens with one attached hydrogen (secondary N) is 1. The second-order valence-corrected chi connectivity index (χ2v) is 4.87. The van der Waals surface area contributed by atoms with Crippen LogP contribution in [0.3, 0.4) is 0 Å². The fraction of sp³-hybridized carbons (Fsp3) is 0.500. The van der Waals surface area contributed by atoms with Gasteiger partial charge in [-0.05, 0) is 32.1 Å². The number of unbranched alkanes of at least 4 members (excludes halogenated alkanes) is 2. The number of rotatable bonds is 9. The molecule has 0 aliphatic carbocycles. The number of hydrogen-bond donors (Lipinski definition) is 1. The summed E-state index contributed by atoms with van der Waals surface area (Å²) in [7, 11) is 0. The van der Waals surface area contributed by atoms with E-state index in [4.69, 9.17) is 0 Å². The van der Waals surface area contributed by atoms with Crippen molar-refractivity contribution in [3.63, 3.8) is 0 Å². The highest BCUT2D eigenvalue weighted by Gasteiger charge is 2.17. The second kappa shape index (κ2) is 7.80. The van der Waals surface area contributed by atoms with Gasteiger partial charge in [-0.1, -0.05) is 32.2 Å². The van der Waals surface area contributed by atoms with E-state index in [1.54, 1.807) is 0 Å². The molecule has 0 aromatic heterocycles. The highest BCUT2D eigenvalue weighted by Crippen LogP contribution is 2.28. The molecule has 1 N–H and O–H groups in total. The fourth-order valence-electron chi connectivity index (χ4n) is 2.19. The molecular formula is C16H26N2. The van der Waals surface area contributed by atoms with Gasteiger partial charge in [-0.2, -0.15) is 0 Å². The highest BCUT2D eigenvalue weighted by atomic mass is 15.2. The van der Waals surface area contributed by atoms with E-state index in [0.717, 1.165) is 38.0 Å². The molecule has 100 valence electrons. The predicted molar refractivity (Wildman–Crippen MR) is 80.0 cm³/mol. The van der Waals surface area contributed by atoms with Crippen LogP contribution in [-0.2, 0) is 0 Å². The van der Waals surface area contributed by atoms with Crippen molar-refractivity contribution in [3.05, 3.63) is 49.5 Å². The Morgan fingerprint density at radius 3 is 2.44 bits per heavy atom. The molecule has 2 heteroatoms. The Morgan fingerprint density at radius 2 is 1.83 bits per heavy atom. The number of likely N-dealkylation sites (tertiary alicyclic amines) is 1. The molecule has 0 saturated carbocycles. The molecule has 2 nitrogen and oxygen atoms in total. The predicted octanol–water partition coefficient (Wildman–Crippen LogP) is 3.96. The Kier molecular flexibility index (Phi) is 6.34. The molecule has 0 unspecified atom stereocenters. The number of nitrogens with zero attached hydrogens (tertiary/aromatic N) is 1. The van der Waals surface area contributed by atoms with Gasteiger partial charge in [0, 0.05) is 30.2 Å². The van der Waals surface area contributed by atoms with Crippen LogP contribution in [0.4, 0.5) is 0 Å². The minimum atomic E-state index is 0.812. The van der Waals surface area contributed by atoms with Crippen LogP contribution in [0.2, 0.25) is 0 Å². The first-order valence-electron chi connectivity index (χ1n) is 6.80. The average Bonchev–Trinajstić information content (AvgIpc) is 2.67. The van der Waals surface area contributed by atoms with Crippen LogP contribution < -0.4 is 5.32 Å². The number of hydrogen-bond acceptors (Lipinski definition) is 2. The molecule has 1 fully saturated rings. The summed E-state index contributed by atoms with van der Waals surface area (Å²) in [6.07, 6.45) is 8.70. The Balaban J connectivity index is 2.05. The van der Waals surface area contributed by atoms with Gasteiger partial charge >= 0.3 is 0 Å². The van der Waals surface area contributed by atoms with Crippen LogP contribution >= 0.6 is 0 Å². The average molecular weight is 246 g/mol. The van der Waals surface area contributed by atoms with Crippen molar-refractivity contribution >= 4 is 0 Å². The van der Waals surface area contributed by atoms with Crippen molar-refractivity contribution in [2.24, 2.45) is 0 Å². The minimum absolute atomic E-state index is 0.812. The summed E-state index contributed by atoms with van der Waals surface area (Å²) in [5.41, 5.74) is 3.58. The maximum absolute atomic E-state index is 4.08. The molecule has 0 atom stereocenters. The van der Waals surface area contributed by atoms with Crippen LogP contribution in [0.15, 0.2) is 49.5 Å². The summed E-state index contributed by atoms with van der Waals surface area (Å²) in [4.78, 5) is 2.28. The summed E-state index contributed by atoms with van der Waals surface area (Å²) in [6.45, 7) is 17.7. The van der Waals surface area contributed by atoms with E-state index in [1.807, 2.05) is 6.08 Å². The zero-order chi connectivity index (χ0) is 13.4. The summed E-state index contributed by atoms with van der Waals surface area (Å²) in [5.74, 6) is 0. The third-order valence-corrected chi connectivity index (χ3v) is 3.32. The van der Waals surface area contributed by atoms with Gasteiger partial charge in [0.15, 0.2) is 0 Å². The van der Waals surface area contributed by atoms with Crippen LogP contribution in [0.5, 0.6) is 0 Å². The molecule has 1 aliphatic heterocycles. The molecule has 0 bridgehead atoms. The van der Waals surface area contributed by atoms with Crippen LogP contribution in [0, 0.1) is 0 Å². The maximum atomic E-state index is 4.08. The van der Waals surface area contributed by atoms with Crippen LogP contribution in [0.1, 0.15) is 38.5 Å². The molecule has 0 amide bonds. The maximum Gasteiger partial charge on any atom is 0.0325 e. The monoisotopic (exact) mass is 246 g/mol. The smallest absolute Gasteiger partial charge is 0.0325 e. The SMILES string of the molecule is C=CCNC(=C)CCCCCN1C(=C)CCC1=C. The molecule has 0 radical (unpaired) electrons. The topological polar surface area (TPSA) is 15.3 Å². The van der Waals surface area contributed by atoms with Crippen molar-refractivity contribution < 1.29 is 0 Å². The van der Waals surface area contributed by atoms with Gasteiger partial charge in [0.05, 0.1) is 0 Å². The van der Waals surface area contributed by atoms with E-state index in [2.05, 4.69) is 36.5 Å². The van der Waals surface area contributed by atoms with E-state index in [0.29, 0.717) is 0 Å². The van der Waals surface area contributed by atoms with E-state index in [-0.39, 0.29) is 0 Å². The third kappa shape index (κ3) is 4.82. The van der Waals surface area contributed by atoms with Crippen molar-refractivity contribution in [1.82, 2.24) is 10.2 Å². The lowest BCUT2D eigenvalue weighted by Crippen LogP contribution is -2.16. The molecule has 1 saturated heterocycles. The molecule has 1 aliphatic rings.